The van der Waals surface area contributed by atoms with E-state index < -0.39 is 18.0 Å². The Morgan fingerprint density at radius 2 is 2.07 bits per heavy atom. The molecule has 1 heterocycles. The number of hydrogen-bond donors (Lipinski definition) is 3. The van der Waals surface area contributed by atoms with Gasteiger partial charge in [0, 0.05) is 0 Å². The molecule has 0 saturated carbocycles. The van der Waals surface area contributed by atoms with Crippen molar-refractivity contribution in [2.75, 3.05) is 6.54 Å². The maximum absolute atomic E-state index is 10.8. The van der Waals surface area contributed by atoms with Crippen LogP contribution in [-0.4, -0.2) is 34.7 Å². The Kier molecular flexibility index (Phi) is 3.46. The molecule has 5 nitrogen and oxygen atoms in total. The van der Waals surface area contributed by atoms with Crippen LogP contribution in [0.25, 0.3) is 0 Å². The van der Waals surface area contributed by atoms with Gasteiger partial charge in [-0.1, -0.05) is 6.92 Å². The number of carboxylic acid groups (broad SMARTS) is 2. The van der Waals surface area contributed by atoms with E-state index in [0.717, 1.165) is 0 Å². The van der Waals surface area contributed by atoms with E-state index in [1.54, 1.807) is 0 Å². The number of hydrogen-bond acceptors (Lipinski definition) is 3. The minimum absolute atomic E-state index is 0.0751. The van der Waals surface area contributed by atoms with Crippen LogP contribution in [0, 0.1) is 11.8 Å². The SMILES string of the molecule is C[C@H]1CN[C@H](C(=O)O)[C@@H](CC(=O)O)C1. The standard InChI is InChI=1S/C9H15NO4/c1-5-2-6(3-7(11)12)8(9(13)14)10-4-5/h5-6,8,10H,2-4H2,1H3,(H,11,12)(H,13,14)/t5-,6-,8+/m1/s1. The topological polar surface area (TPSA) is 86.6 Å². The molecule has 3 N–H and O–H groups in total. The summed E-state index contributed by atoms with van der Waals surface area (Å²) >= 11 is 0. The molecule has 0 bridgehead atoms. The van der Waals surface area contributed by atoms with Gasteiger partial charge < -0.3 is 15.5 Å². The predicted octanol–water partition coefficient (Wildman–Crippen LogP) is 0.160. The van der Waals surface area contributed by atoms with E-state index in [1.807, 2.05) is 6.92 Å². The zero-order valence-corrected chi connectivity index (χ0v) is 8.06. The summed E-state index contributed by atoms with van der Waals surface area (Å²) in [5.74, 6) is -1.84. The summed E-state index contributed by atoms with van der Waals surface area (Å²) in [7, 11) is 0. The molecule has 1 aliphatic heterocycles. The van der Waals surface area contributed by atoms with Crippen LogP contribution in [0.2, 0.25) is 0 Å². The molecule has 0 aromatic heterocycles. The summed E-state index contributed by atoms with van der Waals surface area (Å²) < 4.78 is 0. The lowest BCUT2D eigenvalue weighted by molar-refractivity contribution is -0.144. The number of carbonyl (C=O) groups is 2. The average molecular weight is 201 g/mol. The number of piperidine rings is 1. The quantitative estimate of drug-likeness (QED) is 0.605. The lowest BCUT2D eigenvalue weighted by atomic mass is 9.83. The summed E-state index contributed by atoms with van der Waals surface area (Å²) in [5.41, 5.74) is 0. The first-order valence-corrected chi connectivity index (χ1v) is 4.68. The Morgan fingerprint density at radius 1 is 1.43 bits per heavy atom. The molecule has 5 heteroatoms. The van der Waals surface area contributed by atoms with Gasteiger partial charge in [0.05, 0.1) is 6.42 Å². The van der Waals surface area contributed by atoms with E-state index >= 15 is 0 Å². The second-order valence-electron chi connectivity index (χ2n) is 3.92. The van der Waals surface area contributed by atoms with Gasteiger partial charge in [-0.05, 0) is 24.8 Å². The van der Waals surface area contributed by atoms with E-state index in [4.69, 9.17) is 10.2 Å². The molecule has 0 aromatic carbocycles. The van der Waals surface area contributed by atoms with Crippen LogP contribution in [0.5, 0.6) is 0 Å². The minimum Gasteiger partial charge on any atom is -0.481 e. The van der Waals surface area contributed by atoms with Gasteiger partial charge in [-0.15, -0.1) is 0 Å². The highest BCUT2D eigenvalue weighted by molar-refractivity contribution is 5.76. The van der Waals surface area contributed by atoms with Crippen molar-refractivity contribution in [3.8, 4) is 0 Å². The molecule has 80 valence electrons. The van der Waals surface area contributed by atoms with Crippen molar-refractivity contribution < 1.29 is 19.8 Å². The summed E-state index contributed by atoms with van der Waals surface area (Å²) in [6.45, 7) is 2.63. The van der Waals surface area contributed by atoms with Gasteiger partial charge in [0.1, 0.15) is 6.04 Å². The Labute approximate surface area is 82.1 Å². The monoisotopic (exact) mass is 201 g/mol. The van der Waals surface area contributed by atoms with Crippen molar-refractivity contribution >= 4 is 11.9 Å². The van der Waals surface area contributed by atoms with Crippen LogP contribution < -0.4 is 5.32 Å². The van der Waals surface area contributed by atoms with Gasteiger partial charge in [-0.3, -0.25) is 9.59 Å². The molecule has 1 saturated heterocycles. The van der Waals surface area contributed by atoms with Crippen LogP contribution in [-0.2, 0) is 9.59 Å². The Morgan fingerprint density at radius 3 is 2.57 bits per heavy atom. The van der Waals surface area contributed by atoms with Gasteiger partial charge in [0.15, 0.2) is 0 Å². The fraction of sp³-hybridized carbons (Fsp3) is 0.778. The molecular weight excluding hydrogens is 186 g/mol. The number of rotatable bonds is 3. The maximum atomic E-state index is 10.8. The Bertz CT molecular complexity index is 241. The minimum atomic E-state index is -0.955. The molecule has 3 atom stereocenters. The van der Waals surface area contributed by atoms with Crippen molar-refractivity contribution in [1.29, 1.82) is 0 Å². The molecule has 1 rings (SSSR count). The van der Waals surface area contributed by atoms with Crippen molar-refractivity contribution in [2.45, 2.75) is 25.8 Å². The first-order chi connectivity index (χ1) is 6.50. The van der Waals surface area contributed by atoms with Crippen LogP contribution in [0.1, 0.15) is 19.8 Å². The fourth-order valence-electron chi connectivity index (χ4n) is 1.95. The lowest BCUT2D eigenvalue weighted by Gasteiger charge is -2.32. The average Bonchev–Trinajstić information content (AvgIpc) is 2.01. The molecule has 0 amide bonds. The van der Waals surface area contributed by atoms with E-state index in [0.29, 0.717) is 18.9 Å². The Hall–Kier alpha value is -1.10. The van der Waals surface area contributed by atoms with E-state index in [2.05, 4.69) is 5.32 Å². The van der Waals surface area contributed by atoms with E-state index in [9.17, 15) is 9.59 Å². The highest BCUT2D eigenvalue weighted by atomic mass is 16.4. The molecular formula is C9H15NO4. The number of aliphatic carboxylic acids is 2. The largest absolute Gasteiger partial charge is 0.481 e. The van der Waals surface area contributed by atoms with Crippen molar-refractivity contribution in [1.82, 2.24) is 5.32 Å². The first-order valence-electron chi connectivity index (χ1n) is 4.68. The van der Waals surface area contributed by atoms with Gasteiger partial charge >= 0.3 is 11.9 Å². The molecule has 0 unspecified atom stereocenters. The molecule has 0 aromatic rings. The lowest BCUT2D eigenvalue weighted by Crippen LogP contribution is -2.50. The molecule has 0 aliphatic carbocycles. The third-order valence-electron chi connectivity index (χ3n) is 2.57. The van der Waals surface area contributed by atoms with Gasteiger partial charge in [-0.2, -0.15) is 0 Å². The predicted molar refractivity (Wildman–Crippen MR) is 49.0 cm³/mol. The fourth-order valence-corrected chi connectivity index (χ4v) is 1.95. The van der Waals surface area contributed by atoms with Crippen LogP contribution >= 0.6 is 0 Å². The smallest absolute Gasteiger partial charge is 0.320 e. The van der Waals surface area contributed by atoms with E-state index in [1.165, 1.54) is 0 Å². The normalized spacial score (nSPS) is 32.5. The number of carboxylic acids is 2. The van der Waals surface area contributed by atoms with Crippen LogP contribution in [0.15, 0.2) is 0 Å². The van der Waals surface area contributed by atoms with Gasteiger partial charge in [0.25, 0.3) is 0 Å². The number of nitrogens with one attached hydrogen (secondary N) is 1. The van der Waals surface area contributed by atoms with Crippen molar-refractivity contribution in [3.05, 3.63) is 0 Å². The van der Waals surface area contributed by atoms with E-state index in [-0.39, 0.29) is 12.3 Å². The second-order valence-corrected chi connectivity index (χ2v) is 3.92. The molecule has 1 fully saturated rings. The van der Waals surface area contributed by atoms with Crippen molar-refractivity contribution in [3.63, 3.8) is 0 Å². The van der Waals surface area contributed by atoms with Crippen LogP contribution in [0.3, 0.4) is 0 Å². The first kappa shape index (κ1) is 11.0. The van der Waals surface area contributed by atoms with Crippen molar-refractivity contribution in [2.24, 2.45) is 11.8 Å². The molecule has 0 radical (unpaired) electrons. The third kappa shape index (κ3) is 2.70. The van der Waals surface area contributed by atoms with Gasteiger partial charge in [0.2, 0.25) is 0 Å². The van der Waals surface area contributed by atoms with Gasteiger partial charge in [-0.25, -0.2) is 0 Å². The summed E-state index contributed by atoms with van der Waals surface area (Å²) in [6, 6.07) is -0.706. The highest BCUT2D eigenvalue weighted by Crippen LogP contribution is 2.24. The zero-order valence-electron chi connectivity index (χ0n) is 8.06. The summed E-state index contributed by atoms with van der Waals surface area (Å²) in [4.78, 5) is 21.3. The summed E-state index contributed by atoms with van der Waals surface area (Å²) in [6.07, 6.45) is 0.588. The Balaban J connectivity index is 2.63. The maximum Gasteiger partial charge on any atom is 0.320 e. The molecule has 14 heavy (non-hydrogen) atoms. The molecule has 0 spiro atoms. The second kappa shape index (κ2) is 4.41. The highest BCUT2D eigenvalue weighted by Gasteiger charge is 2.34. The third-order valence-corrected chi connectivity index (χ3v) is 2.57. The zero-order chi connectivity index (χ0) is 10.7. The molecule has 1 aliphatic rings. The van der Waals surface area contributed by atoms with Crippen LogP contribution in [0.4, 0.5) is 0 Å². The summed E-state index contributed by atoms with van der Waals surface area (Å²) in [5, 5.41) is 20.3.